The second kappa shape index (κ2) is 8.11. The van der Waals surface area contributed by atoms with Crippen LogP contribution in [0, 0.1) is 0 Å². The molecule has 0 saturated carbocycles. The van der Waals surface area contributed by atoms with Crippen molar-refractivity contribution in [1.82, 2.24) is 9.97 Å². The van der Waals surface area contributed by atoms with Gasteiger partial charge < -0.3 is 14.2 Å². The van der Waals surface area contributed by atoms with Crippen molar-refractivity contribution in [3.63, 3.8) is 0 Å². The minimum Gasteiger partial charge on any atom is -0.496 e. The van der Waals surface area contributed by atoms with Crippen LogP contribution in [0.25, 0.3) is 11.4 Å². The molecule has 0 aliphatic heterocycles. The van der Waals surface area contributed by atoms with E-state index in [1.807, 2.05) is 24.3 Å². The summed E-state index contributed by atoms with van der Waals surface area (Å²) in [6.45, 7) is 1.73. The molecule has 0 N–H and O–H groups in total. The summed E-state index contributed by atoms with van der Waals surface area (Å²) in [6, 6.07) is 16.0. The molecule has 0 aliphatic rings. The smallest absolute Gasteiger partial charge is 0.311 e. The highest BCUT2D eigenvalue weighted by Gasteiger charge is 2.12. The quantitative estimate of drug-likeness (QED) is 0.489. The number of methoxy groups -OCH3 is 1. The number of esters is 1. The average molecular weight is 350 g/mol. The fraction of sp³-hybridized carbons (Fsp3) is 0.150. The highest BCUT2D eigenvalue weighted by molar-refractivity contribution is 5.73. The Morgan fingerprint density at radius 2 is 1.65 bits per heavy atom. The van der Waals surface area contributed by atoms with Crippen LogP contribution >= 0.6 is 0 Å². The van der Waals surface area contributed by atoms with Crippen molar-refractivity contribution in [2.75, 3.05) is 7.11 Å². The lowest BCUT2D eigenvalue weighted by Crippen LogP contribution is -2.06. The second-order valence-electron chi connectivity index (χ2n) is 5.30. The zero-order chi connectivity index (χ0) is 18.4. The van der Waals surface area contributed by atoms with E-state index in [0.29, 0.717) is 29.0 Å². The molecule has 0 spiro atoms. The minimum atomic E-state index is -0.335. The van der Waals surface area contributed by atoms with Gasteiger partial charge in [0.2, 0.25) is 5.88 Å². The molecule has 0 radical (unpaired) electrons. The van der Waals surface area contributed by atoms with E-state index in [1.165, 1.54) is 0 Å². The van der Waals surface area contributed by atoms with Gasteiger partial charge in [0, 0.05) is 18.7 Å². The fourth-order valence-corrected chi connectivity index (χ4v) is 2.28. The largest absolute Gasteiger partial charge is 0.496 e. The van der Waals surface area contributed by atoms with Crippen LogP contribution in [0.5, 0.6) is 23.1 Å². The molecule has 1 aromatic heterocycles. The van der Waals surface area contributed by atoms with E-state index >= 15 is 0 Å². The fourth-order valence-electron chi connectivity index (χ4n) is 2.28. The second-order valence-corrected chi connectivity index (χ2v) is 5.30. The van der Waals surface area contributed by atoms with Crippen molar-refractivity contribution >= 4 is 5.97 Å². The molecule has 0 amide bonds. The summed E-state index contributed by atoms with van der Waals surface area (Å²) in [5.41, 5.74) is 0.756. The lowest BCUT2D eigenvalue weighted by molar-refractivity contribution is -0.134. The third kappa shape index (κ3) is 3.97. The molecular formula is C20H18N2O4. The number of hydrogen-bond donors (Lipinski definition) is 0. The summed E-state index contributed by atoms with van der Waals surface area (Å²) in [7, 11) is 1.59. The van der Waals surface area contributed by atoms with Gasteiger partial charge in [0.25, 0.3) is 0 Å². The van der Waals surface area contributed by atoms with Gasteiger partial charge in [-0.2, -0.15) is 4.98 Å². The van der Waals surface area contributed by atoms with Gasteiger partial charge in [0.05, 0.1) is 12.7 Å². The van der Waals surface area contributed by atoms with Gasteiger partial charge in [-0.3, -0.25) is 4.79 Å². The van der Waals surface area contributed by atoms with Gasteiger partial charge in [-0.05, 0) is 24.3 Å². The highest BCUT2D eigenvalue weighted by atomic mass is 16.6. The Balaban J connectivity index is 1.90. The Kier molecular flexibility index (Phi) is 5.43. The Morgan fingerprint density at radius 3 is 2.38 bits per heavy atom. The first kappa shape index (κ1) is 17.4. The van der Waals surface area contributed by atoms with Crippen molar-refractivity contribution in [3.05, 3.63) is 60.8 Å². The van der Waals surface area contributed by atoms with Crippen molar-refractivity contribution < 1.29 is 19.0 Å². The monoisotopic (exact) mass is 350 g/mol. The lowest BCUT2D eigenvalue weighted by Gasteiger charge is -2.11. The maximum atomic E-state index is 11.6. The molecule has 0 unspecified atom stereocenters. The predicted molar refractivity (Wildman–Crippen MR) is 96.5 cm³/mol. The molecule has 0 saturated heterocycles. The number of carbonyl (C=O) groups is 1. The Bertz CT molecular complexity index is 912. The van der Waals surface area contributed by atoms with E-state index in [1.54, 1.807) is 50.6 Å². The molecule has 2 aromatic carbocycles. The van der Waals surface area contributed by atoms with Crippen LogP contribution < -0.4 is 14.2 Å². The molecule has 0 aliphatic carbocycles. The van der Waals surface area contributed by atoms with E-state index < -0.39 is 0 Å². The molecule has 132 valence electrons. The third-order valence-electron chi connectivity index (χ3n) is 3.55. The van der Waals surface area contributed by atoms with Gasteiger partial charge in [0.15, 0.2) is 17.3 Å². The number of carbonyl (C=O) groups excluding carboxylic acids is 1. The van der Waals surface area contributed by atoms with E-state index in [2.05, 4.69) is 9.97 Å². The van der Waals surface area contributed by atoms with Gasteiger partial charge in [-0.15, -0.1) is 0 Å². The lowest BCUT2D eigenvalue weighted by atomic mass is 10.2. The number of rotatable bonds is 6. The molecule has 3 rings (SSSR count). The van der Waals surface area contributed by atoms with Crippen LogP contribution in [-0.2, 0) is 4.79 Å². The van der Waals surface area contributed by atoms with Crippen LogP contribution in [0.15, 0.2) is 60.8 Å². The standard InChI is InChI=1S/C20H18N2O4/c1-3-19(23)26-17-11-7-6-10-16(17)25-18-12-13-21-20(22-18)14-8-4-5-9-15(14)24-2/h4-13H,3H2,1-2H3. The SMILES string of the molecule is CCC(=O)Oc1ccccc1Oc1ccnc(-c2ccccc2OC)n1. The Morgan fingerprint density at radius 1 is 0.962 bits per heavy atom. The zero-order valence-corrected chi connectivity index (χ0v) is 14.5. The normalized spacial score (nSPS) is 10.2. The number of para-hydroxylation sites is 3. The zero-order valence-electron chi connectivity index (χ0n) is 14.5. The first-order valence-electron chi connectivity index (χ1n) is 8.15. The topological polar surface area (TPSA) is 70.5 Å². The van der Waals surface area contributed by atoms with E-state index in [0.717, 1.165) is 5.56 Å². The molecule has 26 heavy (non-hydrogen) atoms. The van der Waals surface area contributed by atoms with Crippen LogP contribution in [-0.4, -0.2) is 23.0 Å². The predicted octanol–water partition coefficient (Wildman–Crippen LogP) is 4.26. The van der Waals surface area contributed by atoms with Gasteiger partial charge in [-0.1, -0.05) is 31.2 Å². The third-order valence-corrected chi connectivity index (χ3v) is 3.55. The Hall–Kier alpha value is -3.41. The first-order valence-corrected chi connectivity index (χ1v) is 8.15. The van der Waals surface area contributed by atoms with Crippen molar-refractivity contribution in [1.29, 1.82) is 0 Å². The van der Waals surface area contributed by atoms with Gasteiger partial charge in [0.1, 0.15) is 5.75 Å². The summed E-state index contributed by atoms with van der Waals surface area (Å²) < 4.78 is 16.5. The molecule has 3 aromatic rings. The maximum Gasteiger partial charge on any atom is 0.311 e. The van der Waals surface area contributed by atoms with Crippen LogP contribution in [0.3, 0.4) is 0 Å². The number of ether oxygens (including phenoxy) is 3. The van der Waals surface area contributed by atoms with Crippen LogP contribution in [0.2, 0.25) is 0 Å². The summed E-state index contributed by atoms with van der Waals surface area (Å²) in [5.74, 6) is 1.89. The summed E-state index contributed by atoms with van der Waals surface area (Å²) >= 11 is 0. The highest BCUT2D eigenvalue weighted by Crippen LogP contribution is 2.32. The van der Waals surface area contributed by atoms with E-state index in [4.69, 9.17) is 14.2 Å². The molecule has 6 heteroatoms. The first-order chi connectivity index (χ1) is 12.7. The minimum absolute atomic E-state index is 0.278. The molecule has 0 fully saturated rings. The molecular weight excluding hydrogens is 332 g/mol. The average Bonchev–Trinajstić information content (AvgIpc) is 2.69. The summed E-state index contributed by atoms with van der Waals surface area (Å²) in [4.78, 5) is 20.3. The van der Waals surface area contributed by atoms with Crippen LogP contribution in [0.1, 0.15) is 13.3 Å². The van der Waals surface area contributed by atoms with Gasteiger partial charge in [-0.25, -0.2) is 4.98 Å². The van der Waals surface area contributed by atoms with Crippen molar-refractivity contribution in [2.24, 2.45) is 0 Å². The number of aromatic nitrogens is 2. The Labute approximate surface area is 151 Å². The summed E-state index contributed by atoms with van der Waals surface area (Å²) in [6.07, 6.45) is 1.88. The van der Waals surface area contributed by atoms with Gasteiger partial charge >= 0.3 is 5.97 Å². The van der Waals surface area contributed by atoms with E-state index in [-0.39, 0.29) is 12.4 Å². The molecule has 0 bridgehead atoms. The maximum absolute atomic E-state index is 11.6. The molecule has 6 nitrogen and oxygen atoms in total. The molecule has 0 atom stereocenters. The number of hydrogen-bond acceptors (Lipinski definition) is 6. The van der Waals surface area contributed by atoms with Crippen LogP contribution in [0.4, 0.5) is 0 Å². The summed E-state index contributed by atoms with van der Waals surface area (Å²) in [5, 5.41) is 0. The van der Waals surface area contributed by atoms with E-state index in [9.17, 15) is 4.79 Å². The number of benzene rings is 2. The number of nitrogens with zero attached hydrogens (tertiary/aromatic N) is 2. The molecule has 1 heterocycles. The van der Waals surface area contributed by atoms with Crippen molar-refractivity contribution in [3.8, 4) is 34.5 Å². The van der Waals surface area contributed by atoms with Crippen molar-refractivity contribution in [2.45, 2.75) is 13.3 Å².